The number of carbonyl (C=O) groups excluding carboxylic acids is 1. The van der Waals surface area contributed by atoms with Crippen molar-refractivity contribution in [2.75, 3.05) is 6.61 Å². The van der Waals surface area contributed by atoms with Gasteiger partial charge in [0.1, 0.15) is 5.75 Å². The van der Waals surface area contributed by atoms with Crippen LogP contribution in [0.5, 0.6) is 5.75 Å². The van der Waals surface area contributed by atoms with Gasteiger partial charge in [-0.05, 0) is 37.1 Å². The number of amides is 1. The fourth-order valence-electron chi connectivity index (χ4n) is 1.14. The lowest BCUT2D eigenvalue weighted by molar-refractivity contribution is -0.119. The maximum absolute atomic E-state index is 10.5. The van der Waals surface area contributed by atoms with Crippen molar-refractivity contribution in [3.8, 4) is 5.75 Å². The van der Waals surface area contributed by atoms with Gasteiger partial charge in [-0.2, -0.15) is 0 Å². The van der Waals surface area contributed by atoms with E-state index < -0.39 is 5.91 Å². The van der Waals surface area contributed by atoms with Gasteiger partial charge < -0.3 is 10.5 Å². The second-order valence-electron chi connectivity index (χ2n) is 3.13. The number of hydrogen-bond acceptors (Lipinski definition) is 2. The van der Waals surface area contributed by atoms with E-state index in [1.54, 1.807) is 12.1 Å². The van der Waals surface area contributed by atoms with Gasteiger partial charge in [0.25, 0.3) is 5.91 Å². The van der Waals surface area contributed by atoms with E-state index in [9.17, 15) is 4.79 Å². The van der Waals surface area contributed by atoms with Gasteiger partial charge in [0, 0.05) is 5.02 Å². The molecule has 76 valence electrons. The Morgan fingerprint density at radius 3 is 2.36 bits per heavy atom. The van der Waals surface area contributed by atoms with Crippen LogP contribution in [-0.4, -0.2) is 12.5 Å². The summed E-state index contributed by atoms with van der Waals surface area (Å²) >= 11 is 5.97. The van der Waals surface area contributed by atoms with Gasteiger partial charge in [0.15, 0.2) is 6.61 Å². The highest BCUT2D eigenvalue weighted by Gasteiger charge is 2.04. The first-order valence-electron chi connectivity index (χ1n) is 4.18. The van der Waals surface area contributed by atoms with Crippen molar-refractivity contribution in [3.05, 3.63) is 28.3 Å². The van der Waals surface area contributed by atoms with E-state index in [1.807, 2.05) is 13.8 Å². The first kappa shape index (κ1) is 10.9. The highest BCUT2D eigenvalue weighted by atomic mass is 35.5. The van der Waals surface area contributed by atoms with Gasteiger partial charge in [-0.15, -0.1) is 0 Å². The topological polar surface area (TPSA) is 52.3 Å². The first-order chi connectivity index (χ1) is 6.50. The molecule has 0 bridgehead atoms. The third-order valence-corrected chi connectivity index (χ3v) is 2.39. The number of benzene rings is 1. The molecule has 0 spiro atoms. The van der Waals surface area contributed by atoms with Crippen LogP contribution in [0.3, 0.4) is 0 Å². The molecular weight excluding hydrogens is 202 g/mol. The van der Waals surface area contributed by atoms with Crippen LogP contribution in [0.2, 0.25) is 5.02 Å². The van der Waals surface area contributed by atoms with Crippen molar-refractivity contribution >= 4 is 17.5 Å². The van der Waals surface area contributed by atoms with Gasteiger partial charge in [-0.25, -0.2) is 0 Å². The van der Waals surface area contributed by atoms with E-state index in [2.05, 4.69) is 0 Å². The summed E-state index contributed by atoms with van der Waals surface area (Å²) in [6.45, 7) is 3.65. The van der Waals surface area contributed by atoms with Crippen molar-refractivity contribution in [1.82, 2.24) is 0 Å². The van der Waals surface area contributed by atoms with Crippen molar-refractivity contribution in [3.63, 3.8) is 0 Å². The normalized spacial score (nSPS) is 9.93. The number of halogens is 1. The van der Waals surface area contributed by atoms with Gasteiger partial charge >= 0.3 is 0 Å². The molecule has 0 atom stereocenters. The quantitative estimate of drug-likeness (QED) is 0.833. The predicted molar refractivity (Wildman–Crippen MR) is 55.6 cm³/mol. The Labute approximate surface area is 87.8 Å². The third-order valence-electron chi connectivity index (χ3n) is 1.79. The maximum atomic E-state index is 10.5. The minimum atomic E-state index is -0.491. The summed E-state index contributed by atoms with van der Waals surface area (Å²) in [6, 6.07) is 3.55. The number of nitrogens with two attached hydrogens (primary N) is 1. The minimum Gasteiger partial charge on any atom is -0.484 e. The van der Waals surface area contributed by atoms with E-state index in [0.717, 1.165) is 16.1 Å². The SMILES string of the molecule is Cc1cc(OCC(N)=O)cc(C)c1Cl. The molecule has 0 saturated carbocycles. The average molecular weight is 214 g/mol. The molecule has 0 unspecified atom stereocenters. The molecule has 0 fully saturated rings. The molecule has 0 aliphatic rings. The fraction of sp³-hybridized carbons (Fsp3) is 0.300. The van der Waals surface area contributed by atoms with Crippen molar-refractivity contribution < 1.29 is 9.53 Å². The number of aryl methyl sites for hydroxylation is 2. The number of primary amides is 1. The zero-order valence-electron chi connectivity index (χ0n) is 8.13. The summed E-state index contributed by atoms with van der Waals surface area (Å²) in [5, 5.41) is 0.719. The lowest BCUT2D eigenvalue weighted by Gasteiger charge is -2.08. The summed E-state index contributed by atoms with van der Waals surface area (Å²) in [4.78, 5) is 10.5. The molecule has 14 heavy (non-hydrogen) atoms. The van der Waals surface area contributed by atoms with Crippen molar-refractivity contribution in [2.45, 2.75) is 13.8 Å². The number of carbonyl (C=O) groups is 1. The summed E-state index contributed by atoms with van der Waals surface area (Å²) in [5.41, 5.74) is 6.80. The van der Waals surface area contributed by atoms with Crippen LogP contribution in [-0.2, 0) is 4.79 Å². The van der Waals surface area contributed by atoms with Gasteiger partial charge in [0.05, 0.1) is 0 Å². The Hall–Kier alpha value is -1.22. The van der Waals surface area contributed by atoms with Crippen molar-refractivity contribution in [2.24, 2.45) is 5.73 Å². The van der Waals surface area contributed by atoms with Gasteiger partial charge in [0.2, 0.25) is 0 Å². The lowest BCUT2D eigenvalue weighted by atomic mass is 10.1. The van der Waals surface area contributed by atoms with Gasteiger partial charge in [-0.3, -0.25) is 4.79 Å². The van der Waals surface area contributed by atoms with Crippen LogP contribution < -0.4 is 10.5 Å². The zero-order chi connectivity index (χ0) is 10.7. The fourth-order valence-corrected chi connectivity index (χ4v) is 1.25. The summed E-state index contributed by atoms with van der Waals surface area (Å²) in [7, 11) is 0. The summed E-state index contributed by atoms with van der Waals surface area (Å²) < 4.78 is 5.15. The minimum absolute atomic E-state index is 0.111. The molecule has 0 heterocycles. The smallest absolute Gasteiger partial charge is 0.255 e. The monoisotopic (exact) mass is 213 g/mol. The van der Waals surface area contributed by atoms with E-state index in [1.165, 1.54) is 0 Å². The predicted octanol–water partition coefficient (Wildman–Crippen LogP) is 1.82. The van der Waals surface area contributed by atoms with Gasteiger partial charge in [-0.1, -0.05) is 11.6 Å². The van der Waals surface area contributed by atoms with Crippen LogP contribution in [0.15, 0.2) is 12.1 Å². The first-order valence-corrected chi connectivity index (χ1v) is 4.56. The Morgan fingerprint density at radius 2 is 1.93 bits per heavy atom. The van der Waals surface area contributed by atoms with Crippen LogP contribution in [0.1, 0.15) is 11.1 Å². The van der Waals surface area contributed by atoms with Crippen molar-refractivity contribution in [1.29, 1.82) is 0 Å². The average Bonchev–Trinajstić information content (AvgIpc) is 2.10. The van der Waals surface area contributed by atoms with Crippen LogP contribution >= 0.6 is 11.6 Å². The molecule has 0 aliphatic heterocycles. The largest absolute Gasteiger partial charge is 0.484 e. The number of hydrogen-bond donors (Lipinski definition) is 1. The standard InChI is InChI=1S/C10H12ClNO2/c1-6-3-8(14-5-9(12)13)4-7(2)10(6)11/h3-4H,5H2,1-2H3,(H2,12,13). The molecule has 1 amide bonds. The second kappa shape index (κ2) is 4.33. The summed E-state index contributed by atoms with van der Waals surface area (Å²) in [5.74, 6) is 0.124. The maximum Gasteiger partial charge on any atom is 0.255 e. The number of ether oxygens (including phenoxy) is 1. The third kappa shape index (κ3) is 2.64. The molecule has 2 N–H and O–H groups in total. The van der Waals surface area contributed by atoms with E-state index >= 15 is 0 Å². The van der Waals surface area contributed by atoms with E-state index in [-0.39, 0.29) is 6.61 Å². The highest BCUT2D eigenvalue weighted by Crippen LogP contribution is 2.25. The highest BCUT2D eigenvalue weighted by molar-refractivity contribution is 6.32. The van der Waals surface area contributed by atoms with E-state index in [4.69, 9.17) is 22.1 Å². The molecule has 3 nitrogen and oxygen atoms in total. The molecule has 0 aromatic heterocycles. The molecular formula is C10H12ClNO2. The molecule has 0 aliphatic carbocycles. The molecule has 1 aromatic carbocycles. The van der Waals surface area contributed by atoms with Crippen LogP contribution in [0.25, 0.3) is 0 Å². The van der Waals surface area contributed by atoms with Crippen LogP contribution in [0.4, 0.5) is 0 Å². The summed E-state index contributed by atoms with van der Waals surface area (Å²) in [6.07, 6.45) is 0. The van der Waals surface area contributed by atoms with Crippen LogP contribution in [0, 0.1) is 13.8 Å². The lowest BCUT2D eigenvalue weighted by Crippen LogP contribution is -2.20. The molecule has 4 heteroatoms. The number of rotatable bonds is 3. The second-order valence-corrected chi connectivity index (χ2v) is 3.50. The Bertz CT molecular complexity index is 340. The molecule has 0 saturated heterocycles. The molecule has 1 aromatic rings. The van der Waals surface area contributed by atoms with E-state index in [0.29, 0.717) is 5.75 Å². The zero-order valence-corrected chi connectivity index (χ0v) is 8.89. The Kier molecular flexibility index (Phi) is 3.36. The Balaban J connectivity index is 2.84. The molecule has 1 rings (SSSR count). The Morgan fingerprint density at radius 1 is 1.43 bits per heavy atom. The molecule has 0 radical (unpaired) electrons.